The lowest BCUT2D eigenvalue weighted by Crippen LogP contribution is -2.49. The third kappa shape index (κ3) is 5.18. The van der Waals surface area contributed by atoms with Gasteiger partial charge in [0.05, 0.1) is 5.92 Å². The maximum absolute atomic E-state index is 11.8. The van der Waals surface area contributed by atoms with E-state index in [0.29, 0.717) is 6.42 Å². The van der Waals surface area contributed by atoms with E-state index in [1.54, 1.807) is 0 Å². The molecule has 1 atom stereocenters. The van der Waals surface area contributed by atoms with E-state index in [9.17, 15) is 18.0 Å². The van der Waals surface area contributed by atoms with E-state index in [1.165, 1.54) is 13.8 Å². The van der Waals surface area contributed by atoms with Gasteiger partial charge in [0.2, 0.25) is 5.91 Å². The number of carboxylic acids is 1. The van der Waals surface area contributed by atoms with Gasteiger partial charge < -0.3 is 10.4 Å². The summed E-state index contributed by atoms with van der Waals surface area (Å²) in [5.74, 6) is -2.20. The Morgan fingerprint density at radius 2 is 1.74 bits per heavy atom. The fourth-order valence-electron chi connectivity index (χ4n) is 1.44. The summed E-state index contributed by atoms with van der Waals surface area (Å²) in [5.41, 5.74) is 0. The molecule has 0 heterocycles. The van der Waals surface area contributed by atoms with Crippen molar-refractivity contribution in [2.24, 2.45) is 11.8 Å². The largest absolute Gasteiger partial charge is 0.481 e. The van der Waals surface area contributed by atoms with Crippen molar-refractivity contribution in [2.75, 3.05) is 12.8 Å². The molecule has 1 unspecified atom stereocenters. The van der Waals surface area contributed by atoms with Crippen molar-refractivity contribution < 1.29 is 23.1 Å². The Morgan fingerprint density at radius 1 is 1.26 bits per heavy atom. The Kier molecular flexibility index (Phi) is 5.99. The fraction of sp³-hybridized carbons (Fsp3) is 0.833. The molecule has 0 spiro atoms. The molecule has 0 fully saturated rings. The third-order valence-corrected chi connectivity index (χ3v) is 5.13. The highest BCUT2D eigenvalue weighted by Gasteiger charge is 2.38. The molecule has 0 bridgehead atoms. The van der Waals surface area contributed by atoms with Crippen LogP contribution in [-0.4, -0.2) is 42.9 Å². The maximum atomic E-state index is 11.8. The van der Waals surface area contributed by atoms with Gasteiger partial charge in [-0.15, -0.1) is 0 Å². The number of carboxylic acid groups (broad SMARTS) is 1. The third-order valence-electron chi connectivity index (χ3n) is 3.09. The number of nitrogens with one attached hydrogen (secondary N) is 1. The van der Waals surface area contributed by atoms with E-state index in [2.05, 4.69) is 5.32 Å². The summed E-state index contributed by atoms with van der Waals surface area (Å²) in [7, 11) is -3.55. The molecule has 7 heteroatoms. The summed E-state index contributed by atoms with van der Waals surface area (Å²) >= 11 is 0. The van der Waals surface area contributed by atoms with Crippen LogP contribution in [0.1, 0.15) is 34.1 Å². The van der Waals surface area contributed by atoms with Crippen LogP contribution in [-0.2, 0) is 19.4 Å². The number of aliphatic carboxylic acids is 1. The van der Waals surface area contributed by atoms with Gasteiger partial charge in [0, 0.05) is 12.8 Å². The second-order valence-corrected chi connectivity index (χ2v) is 8.22. The summed E-state index contributed by atoms with van der Waals surface area (Å²) in [4.78, 5) is 22.9. The Morgan fingerprint density at radius 3 is 2.05 bits per heavy atom. The Hall–Kier alpha value is -1.11. The van der Waals surface area contributed by atoms with Crippen molar-refractivity contribution in [3.63, 3.8) is 0 Å². The lowest BCUT2D eigenvalue weighted by atomic mass is 9.97. The number of sulfone groups is 1. The van der Waals surface area contributed by atoms with Crippen LogP contribution in [0.4, 0.5) is 0 Å². The first-order chi connectivity index (χ1) is 8.39. The Labute approximate surface area is 114 Å². The quantitative estimate of drug-likeness (QED) is 0.718. The number of carbonyl (C=O) groups is 2. The summed E-state index contributed by atoms with van der Waals surface area (Å²) in [6.07, 6.45) is 1.41. The minimum Gasteiger partial charge on any atom is -0.481 e. The van der Waals surface area contributed by atoms with Gasteiger partial charge in [0.1, 0.15) is 4.75 Å². The zero-order chi connectivity index (χ0) is 15.4. The average molecular weight is 293 g/mol. The summed E-state index contributed by atoms with van der Waals surface area (Å²) in [5, 5.41) is 11.4. The normalized spacial score (nSPS) is 14.2. The number of carbonyl (C=O) groups excluding carboxylic acids is 1. The van der Waals surface area contributed by atoms with Gasteiger partial charge >= 0.3 is 5.97 Å². The molecule has 0 saturated carbocycles. The van der Waals surface area contributed by atoms with E-state index in [-0.39, 0.29) is 12.5 Å². The molecule has 112 valence electrons. The zero-order valence-electron chi connectivity index (χ0n) is 12.1. The zero-order valence-corrected chi connectivity index (χ0v) is 12.9. The van der Waals surface area contributed by atoms with Crippen LogP contribution in [0.5, 0.6) is 0 Å². The van der Waals surface area contributed by atoms with Crippen LogP contribution in [0.15, 0.2) is 0 Å². The Balaban J connectivity index is 4.71. The van der Waals surface area contributed by atoms with E-state index in [4.69, 9.17) is 5.11 Å². The second-order valence-electron chi connectivity index (χ2n) is 5.66. The SMILES string of the molecule is CC(C)CC(CNC(=O)C(C)(C)S(C)(=O)=O)C(=O)O. The van der Waals surface area contributed by atoms with E-state index in [0.717, 1.165) is 6.26 Å². The molecule has 0 saturated heterocycles. The molecule has 6 nitrogen and oxygen atoms in total. The lowest BCUT2D eigenvalue weighted by molar-refractivity contribution is -0.142. The molecule has 0 aromatic carbocycles. The van der Waals surface area contributed by atoms with Crippen LogP contribution < -0.4 is 5.32 Å². The molecule has 0 aromatic rings. The molecule has 0 aliphatic heterocycles. The van der Waals surface area contributed by atoms with Gasteiger partial charge in [0.25, 0.3) is 0 Å². The first kappa shape index (κ1) is 17.9. The van der Waals surface area contributed by atoms with Crippen LogP contribution in [0.2, 0.25) is 0 Å². The van der Waals surface area contributed by atoms with Crippen molar-refractivity contribution in [1.82, 2.24) is 5.32 Å². The van der Waals surface area contributed by atoms with Crippen molar-refractivity contribution in [1.29, 1.82) is 0 Å². The van der Waals surface area contributed by atoms with Gasteiger partial charge in [-0.25, -0.2) is 8.42 Å². The minimum absolute atomic E-state index is 0.0642. The highest BCUT2D eigenvalue weighted by molar-refractivity contribution is 7.92. The van der Waals surface area contributed by atoms with Gasteiger partial charge in [-0.2, -0.15) is 0 Å². The fourth-order valence-corrected chi connectivity index (χ4v) is 1.85. The standard InChI is InChI=1S/C12H23NO5S/c1-8(2)6-9(10(14)15)7-13-11(16)12(3,4)19(5,17)18/h8-9H,6-7H2,1-5H3,(H,13,16)(H,14,15). The maximum Gasteiger partial charge on any atom is 0.308 e. The molecule has 0 aliphatic carbocycles. The van der Waals surface area contributed by atoms with Crippen molar-refractivity contribution in [3.05, 3.63) is 0 Å². The van der Waals surface area contributed by atoms with Crippen molar-refractivity contribution in [2.45, 2.75) is 38.9 Å². The molecule has 0 radical (unpaired) electrons. The van der Waals surface area contributed by atoms with Crippen LogP contribution in [0.25, 0.3) is 0 Å². The molecular formula is C12H23NO5S. The summed E-state index contributed by atoms with van der Waals surface area (Å²) in [6.45, 7) is 6.31. The van der Waals surface area contributed by atoms with E-state index < -0.39 is 32.4 Å². The van der Waals surface area contributed by atoms with E-state index >= 15 is 0 Å². The van der Waals surface area contributed by atoms with Gasteiger partial charge in [-0.1, -0.05) is 13.8 Å². The predicted molar refractivity (Wildman–Crippen MR) is 72.5 cm³/mol. The molecule has 1 amide bonds. The van der Waals surface area contributed by atoms with Crippen LogP contribution >= 0.6 is 0 Å². The number of hydrogen-bond donors (Lipinski definition) is 2. The Bertz CT molecular complexity index is 439. The predicted octanol–water partition coefficient (Wildman–Crippen LogP) is 0.673. The second kappa shape index (κ2) is 6.36. The number of hydrogen-bond acceptors (Lipinski definition) is 4. The van der Waals surface area contributed by atoms with Gasteiger partial charge in [-0.05, 0) is 26.2 Å². The minimum atomic E-state index is -3.55. The van der Waals surface area contributed by atoms with Crippen LogP contribution in [0.3, 0.4) is 0 Å². The molecule has 0 rings (SSSR count). The van der Waals surface area contributed by atoms with E-state index in [1.807, 2.05) is 13.8 Å². The smallest absolute Gasteiger partial charge is 0.308 e. The monoisotopic (exact) mass is 293 g/mol. The number of rotatable bonds is 7. The molecule has 0 aromatic heterocycles. The molecule has 2 N–H and O–H groups in total. The first-order valence-corrected chi connectivity index (χ1v) is 7.99. The highest BCUT2D eigenvalue weighted by atomic mass is 32.2. The number of amides is 1. The van der Waals surface area contributed by atoms with Crippen molar-refractivity contribution in [3.8, 4) is 0 Å². The van der Waals surface area contributed by atoms with Gasteiger partial charge in [-0.3, -0.25) is 9.59 Å². The first-order valence-electron chi connectivity index (χ1n) is 6.10. The van der Waals surface area contributed by atoms with Gasteiger partial charge in [0.15, 0.2) is 9.84 Å². The molecule has 19 heavy (non-hydrogen) atoms. The average Bonchev–Trinajstić information content (AvgIpc) is 2.20. The van der Waals surface area contributed by atoms with Crippen molar-refractivity contribution >= 4 is 21.7 Å². The highest BCUT2D eigenvalue weighted by Crippen LogP contribution is 2.16. The lowest BCUT2D eigenvalue weighted by Gasteiger charge is -2.23. The summed E-state index contributed by atoms with van der Waals surface area (Å²) in [6, 6.07) is 0. The topological polar surface area (TPSA) is 101 Å². The molecule has 0 aliphatic rings. The molecular weight excluding hydrogens is 270 g/mol. The summed E-state index contributed by atoms with van der Waals surface area (Å²) < 4.78 is 21.4. The van der Waals surface area contributed by atoms with Crippen LogP contribution in [0, 0.1) is 11.8 Å².